The summed E-state index contributed by atoms with van der Waals surface area (Å²) in [6.07, 6.45) is 13.7. The summed E-state index contributed by atoms with van der Waals surface area (Å²) >= 11 is 0. The van der Waals surface area contributed by atoms with Gasteiger partial charge in [-0.1, -0.05) is 37.1 Å². The number of rotatable bonds is 5. The third-order valence-electron chi connectivity index (χ3n) is 9.91. The molecule has 11 heteroatoms. The van der Waals surface area contributed by atoms with Crippen molar-refractivity contribution in [3.63, 3.8) is 0 Å². The Morgan fingerprint density at radius 1 is 1.02 bits per heavy atom. The molecule has 1 saturated heterocycles. The zero-order chi connectivity index (χ0) is 34.1. The first-order valence-corrected chi connectivity index (χ1v) is 17.1. The first kappa shape index (κ1) is 32.2. The van der Waals surface area contributed by atoms with Crippen molar-refractivity contribution in [3.05, 3.63) is 66.0 Å². The second kappa shape index (κ2) is 13.7. The Labute approximate surface area is 285 Å². The van der Waals surface area contributed by atoms with Crippen LogP contribution in [0.4, 0.5) is 11.5 Å². The van der Waals surface area contributed by atoms with Gasteiger partial charge < -0.3 is 30.0 Å². The molecule has 0 radical (unpaired) electrons. The minimum atomic E-state index is -0.275. The Bertz CT molecular complexity index is 2080. The van der Waals surface area contributed by atoms with Crippen molar-refractivity contribution >= 4 is 51.2 Å². The number of nitrogens with one attached hydrogen (secondary N) is 1. The van der Waals surface area contributed by atoms with Gasteiger partial charge in [0.2, 0.25) is 5.91 Å². The predicted molar refractivity (Wildman–Crippen MR) is 193 cm³/mol. The molecule has 49 heavy (non-hydrogen) atoms. The SMILES string of the molecule is COc1cc(-c2nn3c4c(cnc(N)c24)/C=C/CCCCCCC(=O)N2CCC[C@@H]3C2)ccc1NC(=O)c1cc2c(OC)cccc2n1C. The number of nitrogen functional groups attached to an aromatic ring is 1. The van der Waals surface area contributed by atoms with E-state index in [1.165, 1.54) is 0 Å². The molecule has 5 heterocycles. The van der Waals surface area contributed by atoms with Crippen molar-refractivity contribution in [1.29, 1.82) is 0 Å². The van der Waals surface area contributed by atoms with Gasteiger partial charge in [0.15, 0.2) is 0 Å². The molecule has 5 aromatic rings. The van der Waals surface area contributed by atoms with Crippen LogP contribution in [0.25, 0.3) is 39.1 Å². The highest BCUT2D eigenvalue weighted by Crippen LogP contribution is 2.40. The van der Waals surface area contributed by atoms with Gasteiger partial charge in [0.05, 0.1) is 42.4 Å². The van der Waals surface area contributed by atoms with Crippen molar-refractivity contribution < 1.29 is 19.1 Å². The minimum Gasteiger partial charge on any atom is -0.496 e. The van der Waals surface area contributed by atoms with Crippen molar-refractivity contribution in [2.75, 3.05) is 38.4 Å². The molecular weight excluding hydrogens is 618 g/mol. The van der Waals surface area contributed by atoms with Crippen LogP contribution in [0.3, 0.4) is 0 Å². The van der Waals surface area contributed by atoms with Crippen LogP contribution < -0.4 is 20.5 Å². The number of aryl methyl sites for hydroxylation is 1. The number of fused-ring (bicyclic) bond motifs is 4. The van der Waals surface area contributed by atoms with Crippen molar-refractivity contribution in [1.82, 2.24) is 24.2 Å². The fourth-order valence-corrected chi connectivity index (χ4v) is 7.31. The number of piperidine rings is 1. The zero-order valence-electron chi connectivity index (χ0n) is 28.4. The second-order valence-corrected chi connectivity index (χ2v) is 13.0. The lowest BCUT2D eigenvalue weighted by Gasteiger charge is -2.33. The molecule has 3 aromatic heterocycles. The van der Waals surface area contributed by atoms with Gasteiger partial charge in [-0.3, -0.25) is 14.3 Å². The maximum atomic E-state index is 13.6. The van der Waals surface area contributed by atoms with E-state index in [2.05, 4.69) is 27.1 Å². The Hall–Kier alpha value is -5.32. The van der Waals surface area contributed by atoms with Gasteiger partial charge >= 0.3 is 0 Å². The van der Waals surface area contributed by atoms with Gasteiger partial charge in [0, 0.05) is 49.3 Å². The van der Waals surface area contributed by atoms with E-state index in [0.29, 0.717) is 47.4 Å². The predicted octanol–water partition coefficient (Wildman–Crippen LogP) is 6.97. The number of anilines is 2. The molecule has 2 aliphatic rings. The summed E-state index contributed by atoms with van der Waals surface area (Å²) in [7, 11) is 5.06. The van der Waals surface area contributed by atoms with E-state index in [-0.39, 0.29) is 17.9 Å². The molecule has 2 aliphatic heterocycles. The first-order valence-electron chi connectivity index (χ1n) is 17.1. The van der Waals surface area contributed by atoms with Crippen LogP contribution in [0.5, 0.6) is 11.5 Å². The number of carbonyl (C=O) groups excluding carboxylic acids is 2. The summed E-state index contributed by atoms with van der Waals surface area (Å²) in [6, 6.07) is 13.2. The van der Waals surface area contributed by atoms with Crippen molar-refractivity contribution in [2.24, 2.45) is 7.05 Å². The summed E-state index contributed by atoms with van der Waals surface area (Å²) in [5.41, 5.74) is 11.9. The van der Waals surface area contributed by atoms with Gasteiger partial charge in [-0.05, 0) is 62.4 Å². The molecule has 2 aromatic carbocycles. The summed E-state index contributed by atoms with van der Waals surface area (Å²) in [5, 5.41) is 9.87. The highest BCUT2D eigenvalue weighted by Gasteiger charge is 2.29. The maximum absolute atomic E-state index is 13.6. The van der Waals surface area contributed by atoms with Crippen LogP contribution in [0.1, 0.15) is 73.5 Å². The quantitative estimate of drug-likeness (QED) is 0.208. The Morgan fingerprint density at radius 2 is 1.86 bits per heavy atom. The number of aromatic nitrogens is 4. The molecule has 7 rings (SSSR count). The molecule has 254 valence electrons. The van der Waals surface area contributed by atoms with Gasteiger partial charge in [-0.2, -0.15) is 5.10 Å². The number of nitrogens with two attached hydrogens (primary N) is 1. The fraction of sp³-hybridized carbons (Fsp3) is 0.368. The zero-order valence-corrected chi connectivity index (χ0v) is 28.4. The van der Waals surface area contributed by atoms with Gasteiger partial charge in [-0.15, -0.1) is 0 Å². The number of allylic oxidation sites excluding steroid dienone is 1. The van der Waals surface area contributed by atoms with Crippen molar-refractivity contribution in [3.8, 4) is 22.8 Å². The minimum absolute atomic E-state index is 0.00657. The number of hydrogen-bond acceptors (Lipinski definition) is 7. The summed E-state index contributed by atoms with van der Waals surface area (Å²) in [6.45, 7) is 1.38. The monoisotopic (exact) mass is 661 g/mol. The molecule has 0 spiro atoms. The Balaban J connectivity index is 1.28. The highest BCUT2D eigenvalue weighted by molar-refractivity contribution is 6.08. The molecule has 11 nitrogen and oxygen atoms in total. The number of nitrogens with zero attached hydrogens (tertiary/aromatic N) is 5. The smallest absolute Gasteiger partial charge is 0.272 e. The summed E-state index contributed by atoms with van der Waals surface area (Å²) in [5.74, 6) is 1.52. The van der Waals surface area contributed by atoms with Crippen molar-refractivity contribution in [2.45, 2.75) is 57.4 Å². The molecule has 0 aliphatic carbocycles. The number of pyridine rings is 1. The highest BCUT2D eigenvalue weighted by atomic mass is 16.5. The Morgan fingerprint density at radius 3 is 2.69 bits per heavy atom. The average Bonchev–Trinajstić information content (AvgIpc) is 3.69. The average molecular weight is 662 g/mol. The summed E-state index contributed by atoms with van der Waals surface area (Å²) in [4.78, 5) is 33.4. The number of benzene rings is 2. The number of carbonyl (C=O) groups is 2. The van der Waals surface area contributed by atoms with Crippen LogP contribution in [0.2, 0.25) is 0 Å². The number of methoxy groups -OCH3 is 2. The van der Waals surface area contributed by atoms with E-state index in [0.717, 1.165) is 84.4 Å². The Kier molecular flexibility index (Phi) is 8.99. The van der Waals surface area contributed by atoms with E-state index >= 15 is 0 Å². The van der Waals surface area contributed by atoms with Gasteiger partial charge in [-0.25, -0.2) is 4.98 Å². The lowest BCUT2D eigenvalue weighted by Crippen LogP contribution is -2.40. The molecule has 2 bridgehead atoms. The first-order chi connectivity index (χ1) is 23.9. The molecule has 0 saturated carbocycles. The third kappa shape index (κ3) is 6.09. The summed E-state index contributed by atoms with van der Waals surface area (Å²) < 4.78 is 15.2. The van der Waals surface area contributed by atoms with Crippen LogP contribution >= 0.6 is 0 Å². The van der Waals surface area contributed by atoms with E-state index in [1.807, 2.05) is 65.2 Å². The van der Waals surface area contributed by atoms with E-state index < -0.39 is 0 Å². The standard InChI is InChI=1S/C38H43N7O4/c1-43-29-14-10-15-31(48-2)27(29)21-30(43)38(47)41-28-18-17-24(20-32(28)49-3)35-34-36-25(22-40-37(34)39)12-8-6-4-5-7-9-16-33(46)44-19-11-13-26(23-44)45(36)42-35/h8,10,12,14-15,17-18,20-22,26H,4-7,9,11,13,16,19,23H2,1-3H3,(H2,39,40)(H,41,47)/b12-8+/t26-/m1/s1. The van der Waals surface area contributed by atoms with E-state index in [9.17, 15) is 9.59 Å². The van der Waals surface area contributed by atoms with Crippen LogP contribution in [0.15, 0.2) is 54.7 Å². The van der Waals surface area contributed by atoms with Crippen LogP contribution in [-0.2, 0) is 11.8 Å². The molecule has 1 atom stereocenters. The topological polar surface area (TPSA) is 130 Å². The third-order valence-corrected chi connectivity index (χ3v) is 9.91. The van der Waals surface area contributed by atoms with E-state index in [1.54, 1.807) is 14.2 Å². The number of hydrogen-bond donors (Lipinski definition) is 2. The number of ether oxygens (including phenoxy) is 2. The lowest BCUT2D eigenvalue weighted by atomic mass is 10.0. The second-order valence-electron chi connectivity index (χ2n) is 13.0. The molecular formula is C38H43N7O4. The van der Waals surface area contributed by atoms with E-state index in [4.69, 9.17) is 20.3 Å². The molecule has 0 unspecified atom stereocenters. The van der Waals surface area contributed by atoms with Crippen LogP contribution in [-0.4, -0.2) is 63.4 Å². The van der Waals surface area contributed by atoms with Gasteiger partial charge in [0.25, 0.3) is 5.91 Å². The van der Waals surface area contributed by atoms with Crippen LogP contribution in [0, 0.1) is 0 Å². The molecule has 1 fully saturated rings. The fourth-order valence-electron chi connectivity index (χ4n) is 7.31. The van der Waals surface area contributed by atoms with Gasteiger partial charge in [0.1, 0.15) is 28.7 Å². The maximum Gasteiger partial charge on any atom is 0.272 e. The molecule has 2 amide bonds. The molecule has 3 N–H and O–H groups in total. The lowest BCUT2D eigenvalue weighted by molar-refractivity contribution is -0.133. The number of amides is 2. The normalized spacial score (nSPS) is 17.8. The largest absolute Gasteiger partial charge is 0.496 e.